The van der Waals surface area contributed by atoms with Crippen LogP contribution in [0.2, 0.25) is 0 Å². The number of carbonyl (C=O) groups is 1. The summed E-state index contributed by atoms with van der Waals surface area (Å²) in [5, 5.41) is 0. The Kier molecular flexibility index (Phi) is 3.06. The Morgan fingerprint density at radius 1 is 1.53 bits per heavy atom. The number of nitrogens with zero attached hydrogens (tertiary/aromatic N) is 1. The van der Waals surface area contributed by atoms with Gasteiger partial charge >= 0.3 is 0 Å². The molecule has 4 nitrogen and oxygen atoms in total. The molecule has 15 heavy (non-hydrogen) atoms. The van der Waals surface area contributed by atoms with Crippen molar-refractivity contribution in [3.05, 3.63) is 17.9 Å². The molecule has 1 atom stereocenters. The number of ether oxygens (including phenoxy) is 1. The Balaban J connectivity index is 2.10. The van der Waals surface area contributed by atoms with E-state index in [2.05, 4.69) is 11.8 Å². The third-order valence-electron chi connectivity index (χ3n) is 2.48. The number of carbonyl (C=O) groups excluding carboxylic acids is 1. The summed E-state index contributed by atoms with van der Waals surface area (Å²) in [6.07, 6.45) is 0.723. The molecule has 4 heteroatoms. The van der Waals surface area contributed by atoms with E-state index in [1.165, 1.54) is 0 Å². The molecule has 1 saturated heterocycles. The molecule has 0 radical (unpaired) electrons. The molecular weight excluding hydrogens is 194 g/mol. The van der Waals surface area contributed by atoms with E-state index in [0.29, 0.717) is 18.3 Å². The number of rotatable bonds is 2. The molecule has 1 aromatic rings. The monoisotopic (exact) mass is 209 g/mol. The molecule has 1 aromatic heterocycles. The summed E-state index contributed by atoms with van der Waals surface area (Å²) in [6.45, 7) is 5.36. The van der Waals surface area contributed by atoms with Gasteiger partial charge in [0.2, 0.25) is 0 Å². The number of hydrogen-bond donors (Lipinski definition) is 0. The highest BCUT2D eigenvalue weighted by molar-refractivity contribution is 5.71. The fourth-order valence-electron chi connectivity index (χ4n) is 1.76. The Hall–Kier alpha value is -1.29. The Morgan fingerprint density at radius 3 is 3.13 bits per heavy atom. The Morgan fingerprint density at radius 2 is 2.40 bits per heavy atom. The van der Waals surface area contributed by atoms with Crippen LogP contribution in [0.3, 0.4) is 0 Å². The first-order valence-corrected chi connectivity index (χ1v) is 5.17. The third kappa shape index (κ3) is 2.39. The molecule has 0 aromatic carbocycles. The van der Waals surface area contributed by atoms with E-state index in [1.54, 1.807) is 6.07 Å². The van der Waals surface area contributed by atoms with Gasteiger partial charge in [-0.3, -0.25) is 4.79 Å². The summed E-state index contributed by atoms with van der Waals surface area (Å²) in [6, 6.07) is 3.53. The third-order valence-corrected chi connectivity index (χ3v) is 2.48. The highest BCUT2D eigenvalue weighted by atomic mass is 16.5. The average molecular weight is 209 g/mol. The second-order valence-corrected chi connectivity index (χ2v) is 3.92. The van der Waals surface area contributed by atoms with Crippen LogP contribution in [0.25, 0.3) is 0 Å². The van der Waals surface area contributed by atoms with Crippen molar-refractivity contribution in [2.75, 3.05) is 31.2 Å². The molecule has 1 unspecified atom stereocenters. The zero-order valence-corrected chi connectivity index (χ0v) is 8.81. The van der Waals surface area contributed by atoms with Crippen LogP contribution >= 0.6 is 0 Å². The van der Waals surface area contributed by atoms with Crippen LogP contribution < -0.4 is 4.90 Å². The summed E-state index contributed by atoms with van der Waals surface area (Å²) in [5.74, 6) is 1.62. The number of hydrogen-bond acceptors (Lipinski definition) is 4. The van der Waals surface area contributed by atoms with Crippen molar-refractivity contribution < 1.29 is 13.9 Å². The van der Waals surface area contributed by atoms with Gasteiger partial charge in [-0.1, -0.05) is 6.92 Å². The maximum atomic E-state index is 10.5. The minimum absolute atomic E-state index is 0.378. The van der Waals surface area contributed by atoms with E-state index in [0.717, 1.165) is 31.9 Å². The molecule has 0 spiro atoms. The molecule has 0 aliphatic carbocycles. The fraction of sp³-hybridized carbons (Fsp3) is 0.545. The quantitative estimate of drug-likeness (QED) is 0.693. The van der Waals surface area contributed by atoms with Crippen LogP contribution in [-0.2, 0) is 4.74 Å². The van der Waals surface area contributed by atoms with Gasteiger partial charge < -0.3 is 14.1 Å². The molecule has 0 bridgehead atoms. The Labute approximate surface area is 88.8 Å². The second kappa shape index (κ2) is 4.49. The summed E-state index contributed by atoms with van der Waals surface area (Å²) in [5.41, 5.74) is 0. The zero-order chi connectivity index (χ0) is 10.7. The number of anilines is 1. The van der Waals surface area contributed by atoms with Crippen LogP contribution in [0.15, 0.2) is 16.5 Å². The molecule has 2 heterocycles. The first-order chi connectivity index (χ1) is 7.29. The van der Waals surface area contributed by atoms with Crippen LogP contribution in [0.5, 0.6) is 0 Å². The fourth-order valence-corrected chi connectivity index (χ4v) is 1.76. The van der Waals surface area contributed by atoms with E-state index in [1.807, 2.05) is 6.07 Å². The predicted octanol–water partition coefficient (Wildman–Crippen LogP) is 1.56. The van der Waals surface area contributed by atoms with Gasteiger partial charge in [0.1, 0.15) is 0 Å². The average Bonchev–Trinajstić information content (AvgIpc) is 2.61. The molecular formula is C11H15NO3. The maximum Gasteiger partial charge on any atom is 0.196 e. The van der Waals surface area contributed by atoms with E-state index >= 15 is 0 Å². The topological polar surface area (TPSA) is 42.7 Å². The molecule has 82 valence electrons. The van der Waals surface area contributed by atoms with Gasteiger partial charge in [-0.25, -0.2) is 0 Å². The minimum atomic E-state index is 0.378. The minimum Gasteiger partial charge on any atom is -0.438 e. The normalized spacial score (nSPS) is 22.5. The lowest BCUT2D eigenvalue weighted by atomic mass is 10.2. The molecule has 0 amide bonds. The molecule has 1 aliphatic heterocycles. The van der Waals surface area contributed by atoms with Gasteiger partial charge in [-0.05, 0) is 12.0 Å². The van der Waals surface area contributed by atoms with Gasteiger partial charge in [-0.2, -0.15) is 0 Å². The van der Waals surface area contributed by atoms with Crippen molar-refractivity contribution in [1.29, 1.82) is 0 Å². The van der Waals surface area contributed by atoms with Crippen LogP contribution in [0.1, 0.15) is 17.5 Å². The van der Waals surface area contributed by atoms with Gasteiger partial charge in [0.15, 0.2) is 17.9 Å². The van der Waals surface area contributed by atoms with E-state index in [4.69, 9.17) is 9.15 Å². The van der Waals surface area contributed by atoms with Gasteiger partial charge in [0.25, 0.3) is 0 Å². The molecule has 1 fully saturated rings. The van der Waals surface area contributed by atoms with Crippen LogP contribution in [0, 0.1) is 5.92 Å². The maximum absolute atomic E-state index is 10.5. The summed E-state index contributed by atoms with van der Waals surface area (Å²) < 4.78 is 10.8. The molecule has 2 rings (SSSR count). The number of aldehydes is 1. The van der Waals surface area contributed by atoms with Crippen molar-refractivity contribution in [3.8, 4) is 0 Å². The Bertz CT molecular complexity index is 334. The highest BCUT2D eigenvalue weighted by Crippen LogP contribution is 2.20. The zero-order valence-electron chi connectivity index (χ0n) is 8.81. The van der Waals surface area contributed by atoms with Crippen LogP contribution in [-0.4, -0.2) is 32.6 Å². The van der Waals surface area contributed by atoms with E-state index in [9.17, 15) is 4.79 Å². The molecule has 1 aliphatic rings. The predicted molar refractivity (Wildman–Crippen MR) is 56.3 cm³/mol. The van der Waals surface area contributed by atoms with Crippen molar-refractivity contribution in [2.45, 2.75) is 6.92 Å². The van der Waals surface area contributed by atoms with Crippen molar-refractivity contribution in [2.24, 2.45) is 5.92 Å². The molecule has 0 saturated carbocycles. The summed E-state index contributed by atoms with van der Waals surface area (Å²) >= 11 is 0. The van der Waals surface area contributed by atoms with Crippen molar-refractivity contribution in [1.82, 2.24) is 0 Å². The van der Waals surface area contributed by atoms with Gasteiger partial charge in [0, 0.05) is 19.2 Å². The first-order valence-electron chi connectivity index (χ1n) is 5.17. The summed E-state index contributed by atoms with van der Waals surface area (Å²) in [4.78, 5) is 12.6. The van der Waals surface area contributed by atoms with Crippen LogP contribution in [0.4, 0.5) is 5.88 Å². The van der Waals surface area contributed by atoms with Gasteiger partial charge in [0.05, 0.1) is 13.2 Å². The standard InChI is InChI=1S/C11H15NO3/c1-9-6-12(4-5-14-8-9)11-3-2-10(7-13)15-11/h2-3,7,9H,4-6,8H2,1H3. The van der Waals surface area contributed by atoms with E-state index < -0.39 is 0 Å². The first kappa shape index (κ1) is 10.2. The second-order valence-electron chi connectivity index (χ2n) is 3.92. The smallest absolute Gasteiger partial charge is 0.196 e. The lowest BCUT2D eigenvalue weighted by molar-refractivity contribution is 0.110. The number of furan rings is 1. The van der Waals surface area contributed by atoms with Crippen molar-refractivity contribution in [3.63, 3.8) is 0 Å². The lowest BCUT2D eigenvalue weighted by Gasteiger charge is -2.20. The highest BCUT2D eigenvalue weighted by Gasteiger charge is 2.17. The molecule has 0 N–H and O–H groups in total. The summed E-state index contributed by atoms with van der Waals surface area (Å²) in [7, 11) is 0. The largest absolute Gasteiger partial charge is 0.438 e. The lowest BCUT2D eigenvalue weighted by Crippen LogP contribution is -2.28. The SMILES string of the molecule is CC1COCCN(c2ccc(C=O)o2)C1. The van der Waals surface area contributed by atoms with Gasteiger partial charge in [-0.15, -0.1) is 0 Å². The van der Waals surface area contributed by atoms with Crippen molar-refractivity contribution >= 4 is 12.2 Å². The van der Waals surface area contributed by atoms with E-state index in [-0.39, 0.29) is 0 Å².